The van der Waals surface area contributed by atoms with Gasteiger partial charge in [-0.15, -0.1) is 0 Å². The number of hydrogen-bond donors (Lipinski definition) is 2. The summed E-state index contributed by atoms with van der Waals surface area (Å²) in [6.45, 7) is 10.9. The Hall–Kier alpha value is -3.92. The largest absolute Gasteiger partial charge is 0.387 e. The second-order valence-electron chi connectivity index (χ2n) is 11.6. The minimum atomic E-state index is 0.382. The standard InChI is InChI=1S/C37H44N4/c1-5-7-9-34-26(3)27(4)35(10-8-6-2)40(34)30-15-11-28(12-16-30)23-29-13-17-31(18-14-29)41-36-19-21-38-24-32(36)33-25-39-22-20-37(33)41/h7,9,11-15,17-22,30,38-39H,5-6,8,10,16,23-25H2,1-4H3/b9-7-. The molecule has 41 heavy (non-hydrogen) atoms. The van der Waals surface area contributed by atoms with Gasteiger partial charge in [0.15, 0.2) is 0 Å². The Morgan fingerprint density at radius 2 is 1.61 bits per heavy atom. The van der Waals surface area contributed by atoms with Gasteiger partial charge in [0.2, 0.25) is 0 Å². The minimum absolute atomic E-state index is 0.382. The number of allylic oxidation sites excluding steroid dienone is 5. The summed E-state index contributed by atoms with van der Waals surface area (Å²) >= 11 is 0. The van der Waals surface area contributed by atoms with Crippen LogP contribution >= 0.6 is 0 Å². The highest BCUT2D eigenvalue weighted by Gasteiger charge is 2.24. The maximum Gasteiger partial charge on any atom is 0.0557 e. The van der Waals surface area contributed by atoms with E-state index in [1.165, 1.54) is 74.7 Å². The highest BCUT2D eigenvalue weighted by Crippen LogP contribution is 2.35. The van der Waals surface area contributed by atoms with Gasteiger partial charge in [-0.25, -0.2) is 0 Å². The smallest absolute Gasteiger partial charge is 0.0557 e. The Morgan fingerprint density at radius 1 is 0.902 bits per heavy atom. The van der Waals surface area contributed by atoms with Crippen molar-refractivity contribution in [1.29, 1.82) is 0 Å². The van der Waals surface area contributed by atoms with E-state index in [-0.39, 0.29) is 0 Å². The summed E-state index contributed by atoms with van der Waals surface area (Å²) in [6.07, 6.45) is 27.2. The monoisotopic (exact) mass is 544 g/mol. The van der Waals surface area contributed by atoms with Crippen LogP contribution in [0.25, 0.3) is 23.9 Å². The summed E-state index contributed by atoms with van der Waals surface area (Å²) in [5, 5.41) is 6.78. The number of rotatable bonds is 9. The molecular weight excluding hydrogens is 500 g/mol. The van der Waals surface area contributed by atoms with Gasteiger partial charge < -0.3 is 19.8 Å². The van der Waals surface area contributed by atoms with Crippen LogP contribution in [0, 0.1) is 13.8 Å². The summed E-state index contributed by atoms with van der Waals surface area (Å²) in [4.78, 5) is 0. The van der Waals surface area contributed by atoms with E-state index in [0.29, 0.717) is 6.04 Å². The van der Waals surface area contributed by atoms with Crippen molar-refractivity contribution < 1.29 is 0 Å². The van der Waals surface area contributed by atoms with Gasteiger partial charge in [0, 0.05) is 41.3 Å². The second-order valence-corrected chi connectivity index (χ2v) is 11.6. The lowest BCUT2D eigenvalue weighted by atomic mass is 9.96. The number of nitrogens with one attached hydrogen (secondary N) is 2. The second kappa shape index (κ2) is 11.9. The molecule has 0 bridgehead atoms. The summed E-state index contributed by atoms with van der Waals surface area (Å²) < 4.78 is 5.05. The Balaban J connectivity index is 1.21. The van der Waals surface area contributed by atoms with E-state index in [9.17, 15) is 0 Å². The van der Waals surface area contributed by atoms with Crippen LogP contribution in [0.5, 0.6) is 0 Å². The molecule has 2 aromatic heterocycles. The van der Waals surface area contributed by atoms with E-state index in [0.717, 1.165) is 38.8 Å². The lowest BCUT2D eigenvalue weighted by molar-refractivity contribution is 0.566. The highest BCUT2D eigenvalue weighted by molar-refractivity contribution is 5.69. The van der Waals surface area contributed by atoms with Gasteiger partial charge in [0.1, 0.15) is 0 Å². The van der Waals surface area contributed by atoms with Crippen LogP contribution in [-0.2, 0) is 25.9 Å². The quantitative estimate of drug-likeness (QED) is 0.283. The van der Waals surface area contributed by atoms with Crippen molar-refractivity contribution in [3.05, 3.63) is 117 Å². The molecule has 2 aliphatic heterocycles. The van der Waals surface area contributed by atoms with Crippen LogP contribution in [-0.4, -0.2) is 9.13 Å². The summed E-state index contributed by atoms with van der Waals surface area (Å²) in [6, 6.07) is 9.57. The van der Waals surface area contributed by atoms with Crippen molar-refractivity contribution in [2.45, 2.75) is 85.4 Å². The molecule has 0 fully saturated rings. The zero-order valence-electron chi connectivity index (χ0n) is 25.1. The molecule has 212 valence electrons. The lowest BCUT2D eigenvalue weighted by Crippen LogP contribution is -2.14. The molecule has 1 unspecified atom stereocenters. The third-order valence-corrected chi connectivity index (χ3v) is 9.04. The normalized spacial score (nSPS) is 17.4. The SMILES string of the molecule is CC/C=C\c1c(C)c(C)c(CCCC)n1C1C=CC(Cc2ccc(-n3c4c(c5c3C=CNC5)CNC=C4)cc2)=CC1. The topological polar surface area (TPSA) is 33.9 Å². The molecule has 2 N–H and O–H groups in total. The van der Waals surface area contributed by atoms with Crippen molar-refractivity contribution in [2.24, 2.45) is 0 Å². The molecule has 6 rings (SSSR count). The third kappa shape index (κ3) is 5.16. The lowest BCUT2D eigenvalue weighted by Gasteiger charge is -2.23. The van der Waals surface area contributed by atoms with Crippen molar-refractivity contribution >= 4 is 18.2 Å². The Labute approximate surface area is 245 Å². The number of nitrogens with zero attached hydrogens (tertiary/aromatic N) is 2. The van der Waals surface area contributed by atoms with Crippen LogP contribution in [0.2, 0.25) is 0 Å². The van der Waals surface area contributed by atoms with Crippen LogP contribution < -0.4 is 10.6 Å². The van der Waals surface area contributed by atoms with Gasteiger partial charge in [-0.2, -0.15) is 0 Å². The number of benzene rings is 1. The predicted octanol–water partition coefficient (Wildman–Crippen LogP) is 8.48. The van der Waals surface area contributed by atoms with Crippen LogP contribution in [0.4, 0.5) is 0 Å². The van der Waals surface area contributed by atoms with E-state index >= 15 is 0 Å². The fraction of sp³-hybridized carbons (Fsp3) is 0.351. The molecule has 0 saturated heterocycles. The Morgan fingerprint density at radius 3 is 2.22 bits per heavy atom. The average molecular weight is 545 g/mol. The highest BCUT2D eigenvalue weighted by atomic mass is 15.0. The van der Waals surface area contributed by atoms with Crippen LogP contribution in [0.15, 0.2) is 66.5 Å². The van der Waals surface area contributed by atoms with E-state index in [2.05, 4.69) is 127 Å². The number of hydrogen-bond acceptors (Lipinski definition) is 2. The zero-order valence-corrected chi connectivity index (χ0v) is 25.1. The van der Waals surface area contributed by atoms with Gasteiger partial charge in [-0.3, -0.25) is 0 Å². The first kappa shape index (κ1) is 27.3. The Kier molecular flexibility index (Phi) is 7.91. The van der Waals surface area contributed by atoms with Crippen LogP contribution in [0.1, 0.15) is 96.2 Å². The van der Waals surface area contributed by atoms with Crippen molar-refractivity contribution in [2.75, 3.05) is 0 Å². The summed E-state index contributed by atoms with van der Waals surface area (Å²) in [7, 11) is 0. The molecular formula is C37H44N4. The first-order valence-corrected chi connectivity index (χ1v) is 15.5. The van der Waals surface area contributed by atoms with Gasteiger partial charge in [0.25, 0.3) is 0 Å². The number of unbranched alkanes of at least 4 members (excludes halogenated alkanes) is 1. The first-order valence-electron chi connectivity index (χ1n) is 15.5. The molecule has 4 heteroatoms. The summed E-state index contributed by atoms with van der Waals surface area (Å²) in [5.41, 5.74) is 15.2. The Bertz CT molecular complexity index is 1530. The maximum absolute atomic E-state index is 3.39. The van der Waals surface area contributed by atoms with Crippen molar-refractivity contribution in [3.63, 3.8) is 0 Å². The molecule has 4 heterocycles. The molecule has 0 saturated carbocycles. The molecule has 1 aromatic carbocycles. The molecule has 4 nitrogen and oxygen atoms in total. The van der Waals surface area contributed by atoms with Gasteiger partial charge in [-0.05, 0) is 111 Å². The fourth-order valence-electron chi connectivity index (χ4n) is 6.69. The van der Waals surface area contributed by atoms with Gasteiger partial charge >= 0.3 is 0 Å². The molecule has 3 aliphatic rings. The average Bonchev–Trinajstić information content (AvgIpc) is 3.47. The van der Waals surface area contributed by atoms with Gasteiger partial charge in [0.05, 0.1) is 17.4 Å². The predicted molar refractivity (Wildman–Crippen MR) is 174 cm³/mol. The van der Waals surface area contributed by atoms with E-state index in [4.69, 9.17) is 0 Å². The molecule has 1 aliphatic carbocycles. The number of aromatic nitrogens is 2. The van der Waals surface area contributed by atoms with E-state index < -0.39 is 0 Å². The molecule has 1 atom stereocenters. The number of fused-ring (bicyclic) bond motifs is 3. The molecule has 3 aromatic rings. The maximum atomic E-state index is 3.39. The first-order chi connectivity index (χ1) is 20.1. The van der Waals surface area contributed by atoms with Crippen LogP contribution in [0.3, 0.4) is 0 Å². The summed E-state index contributed by atoms with van der Waals surface area (Å²) in [5.74, 6) is 0. The van der Waals surface area contributed by atoms with Gasteiger partial charge in [-0.1, -0.05) is 56.7 Å². The fourth-order valence-corrected chi connectivity index (χ4v) is 6.69. The van der Waals surface area contributed by atoms with E-state index in [1.54, 1.807) is 0 Å². The molecule has 0 spiro atoms. The third-order valence-electron chi connectivity index (χ3n) is 9.04. The van der Waals surface area contributed by atoms with Crippen molar-refractivity contribution in [1.82, 2.24) is 19.8 Å². The minimum Gasteiger partial charge on any atom is -0.387 e. The zero-order chi connectivity index (χ0) is 28.3. The van der Waals surface area contributed by atoms with Crippen molar-refractivity contribution in [3.8, 4) is 5.69 Å². The van der Waals surface area contributed by atoms with E-state index in [1.807, 2.05) is 0 Å². The molecule has 0 radical (unpaired) electrons. The molecule has 0 amide bonds.